The Kier molecular flexibility index (Phi) is 3.22. The van der Waals surface area contributed by atoms with Crippen molar-refractivity contribution in [3.8, 4) is 0 Å². The Morgan fingerprint density at radius 2 is 1.78 bits per heavy atom. The molecule has 1 aromatic carbocycles. The second-order valence-corrected chi connectivity index (χ2v) is 6.47. The predicted octanol–water partition coefficient (Wildman–Crippen LogP) is 4.03. The van der Waals surface area contributed by atoms with Crippen LogP contribution in [0, 0.1) is 5.41 Å². The Balaban J connectivity index is 2.38. The second-order valence-electron chi connectivity index (χ2n) is 6.47. The zero-order chi connectivity index (χ0) is 13.4. The lowest BCUT2D eigenvalue weighted by Gasteiger charge is -2.56. The summed E-state index contributed by atoms with van der Waals surface area (Å²) in [6.45, 7) is 9.00. The highest BCUT2D eigenvalue weighted by atomic mass is 15.3. The van der Waals surface area contributed by atoms with Crippen LogP contribution >= 0.6 is 0 Å². The van der Waals surface area contributed by atoms with E-state index in [1.807, 2.05) is 0 Å². The molecule has 2 nitrogen and oxygen atoms in total. The van der Waals surface area contributed by atoms with Gasteiger partial charge in [-0.25, -0.2) is 0 Å². The van der Waals surface area contributed by atoms with E-state index in [0.717, 1.165) is 6.42 Å². The van der Waals surface area contributed by atoms with Crippen LogP contribution in [0.25, 0.3) is 0 Å². The number of benzene rings is 1. The Bertz CT molecular complexity index is 420. The monoisotopic (exact) mass is 244 g/mol. The number of nitrogens with one attached hydrogen (secondary N) is 1. The smallest absolute Gasteiger partial charge is 0.0826 e. The Labute approximate surface area is 111 Å². The Morgan fingerprint density at radius 3 is 2.33 bits per heavy atom. The molecular formula is C16H24N2. The Hall–Kier alpha value is -1.31. The SMILES string of the molecule is CC1(C)CCC(c2ccccc2)C(C)(C)N1C=N. The normalized spacial score (nSPS) is 25.8. The fourth-order valence-electron chi connectivity index (χ4n) is 3.52. The molecule has 1 fully saturated rings. The van der Waals surface area contributed by atoms with Crippen molar-refractivity contribution in [3.63, 3.8) is 0 Å². The first-order valence-corrected chi connectivity index (χ1v) is 6.74. The zero-order valence-corrected chi connectivity index (χ0v) is 11.9. The lowest BCUT2D eigenvalue weighted by Crippen LogP contribution is -2.60. The molecule has 0 spiro atoms. The molecular weight excluding hydrogens is 220 g/mol. The van der Waals surface area contributed by atoms with Crippen molar-refractivity contribution >= 4 is 6.34 Å². The van der Waals surface area contributed by atoms with Gasteiger partial charge in [0.2, 0.25) is 0 Å². The van der Waals surface area contributed by atoms with E-state index < -0.39 is 0 Å². The van der Waals surface area contributed by atoms with Crippen molar-refractivity contribution in [3.05, 3.63) is 35.9 Å². The maximum Gasteiger partial charge on any atom is 0.0826 e. The summed E-state index contributed by atoms with van der Waals surface area (Å²) in [6.07, 6.45) is 3.84. The molecule has 0 radical (unpaired) electrons. The van der Waals surface area contributed by atoms with E-state index in [2.05, 4.69) is 62.9 Å². The molecule has 0 amide bonds. The number of rotatable bonds is 2. The molecule has 1 unspecified atom stereocenters. The number of hydrogen-bond acceptors (Lipinski definition) is 1. The van der Waals surface area contributed by atoms with Gasteiger partial charge in [-0.3, -0.25) is 5.41 Å². The molecule has 2 rings (SSSR count). The summed E-state index contributed by atoms with van der Waals surface area (Å²) in [6, 6.07) is 10.7. The van der Waals surface area contributed by atoms with Gasteiger partial charge < -0.3 is 4.90 Å². The van der Waals surface area contributed by atoms with Crippen molar-refractivity contribution in [2.24, 2.45) is 0 Å². The van der Waals surface area contributed by atoms with E-state index in [9.17, 15) is 0 Å². The van der Waals surface area contributed by atoms with Gasteiger partial charge in [-0.2, -0.15) is 0 Å². The predicted molar refractivity (Wildman–Crippen MR) is 77.2 cm³/mol. The van der Waals surface area contributed by atoms with E-state index in [0.29, 0.717) is 5.92 Å². The highest BCUT2D eigenvalue weighted by Gasteiger charge is 2.46. The number of nitrogens with zero attached hydrogens (tertiary/aromatic N) is 1. The van der Waals surface area contributed by atoms with Crippen LogP contribution in [-0.4, -0.2) is 22.3 Å². The van der Waals surface area contributed by atoms with Crippen LogP contribution in [0.2, 0.25) is 0 Å². The zero-order valence-electron chi connectivity index (χ0n) is 11.9. The summed E-state index contributed by atoms with van der Waals surface area (Å²) in [5.74, 6) is 0.494. The molecule has 1 saturated heterocycles. The largest absolute Gasteiger partial charge is 0.352 e. The molecule has 0 saturated carbocycles. The fourth-order valence-corrected chi connectivity index (χ4v) is 3.52. The van der Waals surface area contributed by atoms with Gasteiger partial charge in [-0.15, -0.1) is 0 Å². The highest BCUT2D eigenvalue weighted by Crippen LogP contribution is 2.45. The van der Waals surface area contributed by atoms with E-state index in [1.54, 1.807) is 0 Å². The third-order valence-corrected chi connectivity index (χ3v) is 4.50. The maximum absolute atomic E-state index is 7.76. The molecule has 0 aromatic heterocycles. The molecule has 1 aromatic rings. The number of piperidine rings is 1. The van der Waals surface area contributed by atoms with E-state index in [-0.39, 0.29) is 11.1 Å². The Morgan fingerprint density at radius 1 is 1.17 bits per heavy atom. The fraction of sp³-hybridized carbons (Fsp3) is 0.562. The summed E-state index contributed by atoms with van der Waals surface area (Å²) < 4.78 is 0. The number of hydrogen-bond donors (Lipinski definition) is 1. The van der Waals surface area contributed by atoms with Crippen molar-refractivity contribution in [1.29, 1.82) is 5.41 Å². The van der Waals surface area contributed by atoms with Crippen LogP contribution in [0.5, 0.6) is 0 Å². The molecule has 1 atom stereocenters. The molecule has 0 aliphatic carbocycles. The first kappa shape index (κ1) is 13.1. The minimum Gasteiger partial charge on any atom is -0.352 e. The second kappa shape index (κ2) is 4.42. The average molecular weight is 244 g/mol. The average Bonchev–Trinajstić information content (AvgIpc) is 2.29. The van der Waals surface area contributed by atoms with Crippen molar-refractivity contribution in [2.75, 3.05) is 0 Å². The highest BCUT2D eigenvalue weighted by molar-refractivity contribution is 5.55. The lowest BCUT2D eigenvalue weighted by molar-refractivity contribution is 0.0266. The molecule has 98 valence electrons. The topological polar surface area (TPSA) is 27.1 Å². The van der Waals surface area contributed by atoms with Crippen LogP contribution < -0.4 is 0 Å². The molecule has 1 N–H and O–H groups in total. The van der Waals surface area contributed by atoms with Gasteiger partial charge in [0.25, 0.3) is 0 Å². The standard InChI is InChI=1S/C16H24N2/c1-15(2)11-10-14(13-8-6-5-7-9-13)16(3,4)18(15)12-17/h5-9,12,14,17H,10-11H2,1-4H3. The van der Waals surface area contributed by atoms with Crippen molar-refractivity contribution in [2.45, 2.75) is 57.5 Å². The summed E-state index contributed by atoms with van der Waals surface area (Å²) in [7, 11) is 0. The molecule has 2 heteroatoms. The van der Waals surface area contributed by atoms with Gasteiger partial charge in [0.1, 0.15) is 0 Å². The third-order valence-electron chi connectivity index (χ3n) is 4.50. The van der Waals surface area contributed by atoms with Crippen LogP contribution in [0.4, 0.5) is 0 Å². The van der Waals surface area contributed by atoms with E-state index in [1.165, 1.54) is 18.3 Å². The van der Waals surface area contributed by atoms with Gasteiger partial charge in [0.15, 0.2) is 0 Å². The van der Waals surface area contributed by atoms with Gasteiger partial charge in [-0.05, 0) is 46.1 Å². The number of likely N-dealkylation sites (tertiary alicyclic amines) is 1. The summed E-state index contributed by atoms with van der Waals surface area (Å²) in [5.41, 5.74) is 1.46. The van der Waals surface area contributed by atoms with Gasteiger partial charge in [0, 0.05) is 17.0 Å². The first-order valence-electron chi connectivity index (χ1n) is 6.74. The van der Waals surface area contributed by atoms with Gasteiger partial charge >= 0.3 is 0 Å². The summed E-state index contributed by atoms with van der Waals surface area (Å²) >= 11 is 0. The lowest BCUT2D eigenvalue weighted by atomic mass is 9.70. The molecule has 1 aliphatic rings. The minimum atomic E-state index is -0.00907. The summed E-state index contributed by atoms with van der Waals surface area (Å²) in [4.78, 5) is 2.22. The van der Waals surface area contributed by atoms with Crippen LogP contribution in [0.15, 0.2) is 30.3 Å². The molecule has 1 heterocycles. The minimum absolute atomic E-state index is 0.00907. The first-order chi connectivity index (χ1) is 8.39. The van der Waals surface area contributed by atoms with Gasteiger partial charge in [-0.1, -0.05) is 30.3 Å². The van der Waals surface area contributed by atoms with Crippen LogP contribution in [0.3, 0.4) is 0 Å². The van der Waals surface area contributed by atoms with Crippen molar-refractivity contribution < 1.29 is 0 Å². The van der Waals surface area contributed by atoms with E-state index in [4.69, 9.17) is 5.41 Å². The molecule has 18 heavy (non-hydrogen) atoms. The maximum atomic E-state index is 7.76. The van der Waals surface area contributed by atoms with Crippen LogP contribution in [-0.2, 0) is 0 Å². The van der Waals surface area contributed by atoms with E-state index >= 15 is 0 Å². The summed E-state index contributed by atoms with van der Waals surface area (Å²) in [5, 5.41) is 7.76. The van der Waals surface area contributed by atoms with Gasteiger partial charge in [0.05, 0.1) is 6.34 Å². The van der Waals surface area contributed by atoms with Crippen molar-refractivity contribution in [1.82, 2.24) is 4.90 Å². The third kappa shape index (κ3) is 2.05. The molecule has 0 bridgehead atoms. The van der Waals surface area contributed by atoms with Crippen LogP contribution in [0.1, 0.15) is 52.0 Å². The quantitative estimate of drug-likeness (QED) is 0.617. The molecule has 1 aliphatic heterocycles.